The van der Waals surface area contributed by atoms with Crippen molar-refractivity contribution in [3.05, 3.63) is 35.9 Å². The van der Waals surface area contributed by atoms with Crippen LogP contribution in [0, 0.1) is 5.82 Å². The Morgan fingerprint density at radius 3 is 2.59 bits per heavy atom. The molecule has 29 heavy (non-hydrogen) atoms. The van der Waals surface area contributed by atoms with Crippen molar-refractivity contribution in [2.24, 2.45) is 0 Å². The first kappa shape index (κ1) is 20.3. The minimum absolute atomic E-state index is 0.0927. The van der Waals surface area contributed by atoms with Gasteiger partial charge in [0.05, 0.1) is 23.6 Å². The Morgan fingerprint density at radius 1 is 1.17 bits per heavy atom. The normalized spacial score (nSPS) is 23.8. The lowest BCUT2D eigenvalue weighted by molar-refractivity contribution is 0.108. The van der Waals surface area contributed by atoms with Crippen molar-refractivity contribution in [2.45, 2.75) is 36.2 Å². The molecule has 1 unspecified atom stereocenters. The number of aromatic nitrogens is 4. The second kappa shape index (κ2) is 8.05. The fraction of sp³-hybridized carbons (Fsp3) is 0.611. The molecular formula is C18H25FN6O3S. The van der Waals surface area contributed by atoms with E-state index in [1.165, 1.54) is 28.6 Å². The van der Waals surface area contributed by atoms with Gasteiger partial charge in [-0.25, -0.2) is 17.5 Å². The van der Waals surface area contributed by atoms with E-state index >= 15 is 0 Å². The zero-order valence-corrected chi connectivity index (χ0v) is 17.2. The Hall–Kier alpha value is -1.95. The third-order valence-corrected chi connectivity index (χ3v) is 7.69. The van der Waals surface area contributed by atoms with Crippen LogP contribution < -0.4 is 0 Å². The molecule has 11 heteroatoms. The van der Waals surface area contributed by atoms with Gasteiger partial charge in [0.15, 0.2) is 5.82 Å². The van der Waals surface area contributed by atoms with Gasteiger partial charge in [0.1, 0.15) is 5.82 Å². The summed E-state index contributed by atoms with van der Waals surface area (Å²) >= 11 is 0. The number of sulfonamides is 1. The number of benzene rings is 1. The highest BCUT2D eigenvalue weighted by atomic mass is 32.2. The van der Waals surface area contributed by atoms with Crippen molar-refractivity contribution in [3.8, 4) is 0 Å². The lowest BCUT2D eigenvalue weighted by Crippen LogP contribution is -2.49. The zero-order valence-electron chi connectivity index (χ0n) is 16.4. The number of methoxy groups -OCH3 is 1. The second-order valence-corrected chi connectivity index (χ2v) is 9.42. The molecule has 0 N–H and O–H groups in total. The van der Waals surface area contributed by atoms with Crippen LogP contribution >= 0.6 is 0 Å². The van der Waals surface area contributed by atoms with E-state index in [4.69, 9.17) is 4.74 Å². The van der Waals surface area contributed by atoms with E-state index in [0.29, 0.717) is 31.9 Å². The Balaban J connectivity index is 1.68. The summed E-state index contributed by atoms with van der Waals surface area (Å²) in [6, 6.07) is 4.95. The standard InChI is InChI=1S/C18H25FN6O3S/c1-28-13-12-25-17(20-21-22-25)18(23-9-2-3-10-23)8-11-24(14-18)29(26,27)16-6-4-15(19)5-7-16/h4-7H,2-3,8-14H2,1H3. The summed E-state index contributed by atoms with van der Waals surface area (Å²) in [4.78, 5) is 2.40. The summed E-state index contributed by atoms with van der Waals surface area (Å²) in [5, 5.41) is 12.3. The fourth-order valence-electron chi connectivity index (χ4n) is 4.31. The highest BCUT2D eigenvalue weighted by Gasteiger charge is 2.51. The van der Waals surface area contributed by atoms with Gasteiger partial charge in [-0.2, -0.15) is 4.31 Å². The van der Waals surface area contributed by atoms with Gasteiger partial charge in [-0.15, -0.1) is 5.10 Å². The van der Waals surface area contributed by atoms with Crippen molar-refractivity contribution in [2.75, 3.05) is 39.9 Å². The van der Waals surface area contributed by atoms with Crippen LogP contribution in [0.15, 0.2) is 29.2 Å². The van der Waals surface area contributed by atoms with Gasteiger partial charge in [0, 0.05) is 20.2 Å². The van der Waals surface area contributed by atoms with E-state index in [9.17, 15) is 12.8 Å². The highest BCUT2D eigenvalue weighted by Crippen LogP contribution is 2.40. The fourth-order valence-corrected chi connectivity index (χ4v) is 5.81. The molecule has 1 aromatic carbocycles. The molecule has 2 saturated heterocycles. The van der Waals surface area contributed by atoms with E-state index in [1.54, 1.807) is 11.8 Å². The lowest BCUT2D eigenvalue weighted by atomic mass is 9.95. The van der Waals surface area contributed by atoms with E-state index in [1.807, 2.05) is 0 Å². The molecule has 0 saturated carbocycles. The summed E-state index contributed by atoms with van der Waals surface area (Å²) in [6.07, 6.45) is 2.72. The average molecular weight is 425 g/mol. The van der Waals surface area contributed by atoms with Gasteiger partial charge < -0.3 is 4.74 Å². The van der Waals surface area contributed by atoms with E-state index in [0.717, 1.165) is 25.9 Å². The quantitative estimate of drug-likeness (QED) is 0.650. The summed E-state index contributed by atoms with van der Waals surface area (Å²) < 4.78 is 48.0. The molecule has 0 radical (unpaired) electrons. The topological polar surface area (TPSA) is 93.4 Å². The first-order chi connectivity index (χ1) is 14.0. The number of likely N-dealkylation sites (tertiary alicyclic amines) is 1. The highest BCUT2D eigenvalue weighted by molar-refractivity contribution is 7.89. The van der Waals surface area contributed by atoms with E-state index in [2.05, 4.69) is 20.4 Å². The molecule has 2 fully saturated rings. The van der Waals surface area contributed by atoms with Gasteiger partial charge in [0.25, 0.3) is 0 Å². The van der Waals surface area contributed by atoms with E-state index in [-0.39, 0.29) is 11.4 Å². The van der Waals surface area contributed by atoms with Crippen molar-refractivity contribution in [3.63, 3.8) is 0 Å². The molecule has 2 aromatic rings. The van der Waals surface area contributed by atoms with Gasteiger partial charge in [0.2, 0.25) is 10.0 Å². The van der Waals surface area contributed by atoms with Crippen LogP contribution in [0.4, 0.5) is 4.39 Å². The number of rotatable bonds is 7. The molecule has 9 nitrogen and oxygen atoms in total. The second-order valence-electron chi connectivity index (χ2n) is 7.49. The molecule has 0 bridgehead atoms. The molecule has 0 amide bonds. The minimum Gasteiger partial charge on any atom is -0.383 e. The number of ether oxygens (including phenoxy) is 1. The zero-order chi connectivity index (χ0) is 20.5. The predicted octanol–water partition coefficient (Wildman–Crippen LogP) is 0.844. The monoisotopic (exact) mass is 424 g/mol. The van der Waals surface area contributed by atoms with Crippen molar-refractivity contribution in [1.82, 2.24) is 29.4 Å². The number of nitrogens with zero attached hydrogens (tertiary/aromatic N) is 6. The summed E-state index contributed by atoms with van der Waals surface area (Å²) in [5.74, 6) is 0.211. The molecule has 3 heterocycles. The average Bonchev–Trinajstić information content (AvgIpc) is 3.47. The molecule has 0 spiro atoms. The number of tetrazole rings is 1. The summed E-state index contributed by atoms with van der Waals surface area (Å²) in [6.45, 7) is 3.33. The van der Waals surface area contributed by atoms with Crippen LogP contribution in [0.3, 0.4) is 0 Å². The molecule has 158 valence electrons. The van der Waals surface area contributed by atoms with Crippen LogP contribution in [0.2, 0.25) is 0 Å². The number of halogens is 1. The summed E-state index contributed by atoms with van der Waals surface area (Å²) in [7, 11) is -2.12. The maximum Gasteiger partial charge on any atom is 0.243 e. The van der Waals surface area contributed by atoms with Crippen LogP contribution in [-0.4, -0.2) is 77.7 Å². The third-order valence-electron chi connectivity index (χ3n) is 5.83. The Kier molecular flexibility index (Phi) is 5.65. The van der Waals surface area contributed by atoms with Crippen LogP contribution in [0.25, 0.3) is 0 Å². The van der Waals surface area contributed by atoms with Crippen LogP contribution in [0.5, 0.6) is 0 Å². The Morgan fingerprint density at radius 2 is 1.90 bits per heavy atom. The first-order valence-electron chi connectivity index (χ1n) is 9.74. The Labute approximate surface area is 169 Å². The molecule has 2 aliphatic rings. The maximum atomic E-state index is 13.3. The maximum absolute atomic E-state index is 13.3. The van der Waals surface area contributed by atoms with Crippen molar-refractivity contribution < 1.29 is 17.5 Å². The predicted molar refractivity (Wildman–Crippen MR) is 102 cm³/mol. The van der Waals surface area contributed by atoms with Gasteiger partial charge in [-0.3, -0.25) is 4.90 Å². The number of hydrogen-bond acceptors (Lipinski definition) is 7. The minimum atomic E-state index is -3.74. The van der Waals surface area contributed by atoms with Gasteiger partial charge >= 0.3 is 0 Å². The largest absolute Gasteiger partial charge is 0.383 e. The van der Waals surface area contributed by atoms with Crippen molar-refractivity contribution in [1.29, 1.82) is 0 Å². The SMILES string of the molecule is COCCn1nnnc1C1(N2CCCC2)CCN(S(=O)(=O)c2ccc(F)cc2)C1. The van der Waals surface area contributed by atoms with E-state index < -0.39 is 21.4 Å². The molecule has 4 rings (SSSR count). The smallest absolute Gasteiger partial charge is 0.243 e. The molecular weight excluding hydrogens is 399 g/mol. The summed E-state index contributed by atoms with van der Waals surface area (Å²) in [5.41, 5.74) is -0.582. The molecule has 2 aliphatic heterocycles. The van der Waals surface area contributed by atoms with Crippen molar-refractivity contribution >= 4 is 10.0 Å². The molecule has 1 aromatic heterocycles. The molecule has 1 atom stereocenters. The third kappa shape index (κ3) is 3.67. The van der Waals surface area contributed by atoms with Gasteiger partial charge in [-0.1, -0.05) is 0 Å². The van der Waals surface area contributed by atoms with Crippen LogP contribution in [0.1, 0.15) is 25.1 Å². The lowest BCUT2D eigenvalue weighted by Gasteiger charge is -2.37. The Bertz CT molecular complexity index is 945. The van der Waals surface area contributed by atoms with Gasteiger partial charge in [-0.05, 0) is 67.0 Å². The first-order valence-corrected chi connectivity index (χ1v) is 11.2. The number of hydrogen-bond donors (Lipinski definition) is 0. The molecule has 0 aliphatic carbocycles. The van der Waals surface area contributed by atoms with Crippen LogP contribution in [-0.2, 0) is 26.8 Å².